The molecule has 2 fully saturated rings. The molecule has 0 spiro atoms. The minimum atomic E-state index is 0.110. The summed E-state index contributed by atoms with van der Waals surface area (Å²) in [6.07, 6.45) is 0.234. The van der Waals surface area contributed by atoms with E-state index in [2.05, 4.69) is 0 Å². The smallest absolute Gasteiger partial charge is 0.329 e. The zero-order chi connectivity index (χ0) is 12.1. The molecule has 0 bridgehead atoms. The first kappa shape index (κ1) is 10.7. The average molecular weight is 262 g/mol. The second-order valence-corrected chi connectivity index (χ2v) is 6.24. The minimum absolute atomic E-state index is 0.110. The number of hydrogen-bond donors (Lipinski definition) is 0. The molecular weight excluding hydrogens is 248 g/mol. The van der Waals surface area contributed by atoms with Crippen LogP contribution in [-0.4, -0.2) is 32.8 Å². The van der Waals surface area contributed by atoms with Gasteiger partial charge in [-0.2, -0.15) is 11.8 Å². The van der Waals surface area contributed by atoms with Gasteiger partial charge in [0, 0.05) is 17.5 Å². The number of ether oxygens (including phenoxy) is 1. The van der Waals surface area contributed by atoms with Crippen molar-refractivity contribution in [1.29, 1.82) is 0 Å². The Bertz CT molecular complexity index is 599. The number of epoxide rings is 1. The summed E-state index contributed by atoms with van der Waals surface area (Å²) in [6, 6.07) is 8.04. The molecule has 0 saturated carbocycles. The van der Waals surface area contributed by atoms with Gasteiger partial charge >= 0.3 is 5.69 Å². The van der Waals surface area contributed by atoms with Crippen LogP contribution in [0.4, 0.5) is 0 Å². The molecule has 0 N–H and O–H groups in total. The lowest BCUT2D eigenvalue weighted by molar-refractivity contribution is 0.381. The molecule has 18 heavy (non-hydrogen) atoms. The number of para-hydroxylation sites is 2. The number of fused-ring (bicyclic) bond motifs is 1. The van der Waals surface area contributed by atoms with E-state index in [9.17, 15) is 4.79 Å². The third-order valence-corrected chi connectivity index (χ3v) is 4.46. The minimum Gasteiger partial charge on any atom is -0.371 e. The van der Waals surface area contributed by atoms with Crippen molar-refractivity contribution in [2.45, 2.75) is 24.4 Å². The molecule has 2 saturated heterocycles. The molecule has 1 aromatic heterocycles. The predicted molar refractivity (Wildman–Crippen MR) is 72.2 cm³/mol. The summed E-state index contributed by atoms with van der Waals surface area (Å²) in [4.78, 5) is 12.5. The van der Waals surface area contributed by atoms with Gasteiger partial charge in [0.2, 0.25) is 0 Å². The molecule has 2 aliphatic heterocycles. The molecule has 3 heterocycles. The molecule has 4 nitrogen and oxygen atoms in total. The van der Waals surface area contributed by atoms with E-state index in [1.165, 1.54) is 5.75 Å². The number of benzene rings is 1. The van der Waals surface area contributed by atoms with Crippen molar-refractivity contribution < 1.29 is 4.74 Å². The third-order valence-electron chi connectivity index (χ3n) is 3.50. The summed E-state index contributed by atoms with van der Waals surface area (Å²) in [6.45, 7) is 2.30. The largest absolute Gasteiger partial charge is 0.371 e. The van der Waals surface area contributed by atoms with E-state index >= 15 is 0 Å². The molecule has 4 rings (SSSR count). The van der Waals surface area contributed by atoms with Crippen molar-refractivity contribution in [2.24, 2.45) is 0 Å². The summed E-state index contributed by atoms with van der Waals surface area (Å²) in [7, 11) is 0. The van der Waals surface area contributed by atoms with Crippen LogP contribution in [0.1, 0.15) is 0 Å². The molecule has 94 valence electrons. The lowest BCUT2D eigenvalue weighted by Crippen LogP contribution is -2.27. The molecule has 2 atom stereocenters. The SMILES string of the molecule is O=c1n(C[C@@H]2CO2)c2ccccc2n1C[C@H]1CS1. The van der Waals surface area contributed by atoms with Crippen molar-refractivity contribution in [2.75, 3.05) is 12.4 Å². The lowest BCUT2D eigenvalue weighted by Gasteiger charge is -1.99. The van der Waals surface area contributed by atoms with Crippen LogP contribution in [0.15, 0.2) is 29.1 Å². The molecule has 0 radical (unpaired) electrons. The fourth-order valence-electron chi connectivity index (χ4n) is 2.38. The van der Waals surface area contributed by atoms with Gasteiger partial charge in [-0.05, 0) is 12.1 Å². The van der Waals surface area contributed by atoms with Crippen LogP contribution in [-0.2, 0) is 17.8 Å². The number of rotatable bonds is 4. The highest BCUT2D eigenvalue weighted by Crippen LogP contribution is 2.32. The van der Waals surface area contributed by atoms with Crippen LogP contribution in [0.2, 0.25) is 0 Å². The topological polar surface area (TPSA) is 39.5 Å². The zero-order valence-electron chi connectivity index (χ0n) is 9.91. The van der Waals surface area contributed by atoms with Crippen LogP contribution in [0.3, 0.4) is 0 Å². The number of imidazole rings is 1. The van der Waals surface area contributed by atoms with Gasteiger partial charge in [-0.15, -0.1) is 0 Å². The van der Waals surface area contributed by atoms with Crippen LogP contribution in [0.5, 0.6) is 0 Å². The zero-order valence-corrected chi connectivity index (χ0v) is 10.7. The number of thioether (sulfide) groups is 1. The second kappa shape index (κ2) is 3.90. The van der Waals surface area contributed by atoms with Gasteiger partial charge in [0.15, 0.2) is 0 Å². The Morgan fingerprint density at radius 1 is 1.22 bits per heavy atom. The highest BCUT2D eigenvalue weighted by atomic mass is 32.2. The summed E-state index contributed by atoms with van der Waals surface area (Å²) < 4.78 is 9.03. The van der Waals surface area contributed by atoms with E-state index in [1.807, 2.05) is 45.2 Å². The fraction of sp³-hybridized carbons (Fsp3) is 0.462. The van der Waals surface area contributed by atoms with Crippen LogP contribution in [0, 0.1) is 0 Å². The molecule has 5 heteroatoms. The van der Waals surface area contributed by atoms with E-state index in [0.29, 0.717) is 11.8 Å². The van der Waals surface area contributed by atoms with E-state index in [-0.39, 0.29) is 11.8 Å². The molecule has 2 aliphatic rings. The van der Waals surface area contributed by atoms with Crippen molar-refractivity contribution in [3.05, 3.63) is 34.7 Å². The summed E-state index contributed by atoms with van der Waals surface area (Å²) in [5, 5.41) is 0.624. The van der Waals surface area contributed by atoms with Crippen LogP contribution >= 0.6 is 11.8 Å². The maximum absolute atomic E-state index is 12.5. The fourth-order valence-corrected chi connectivity index (χ4v) is 2.88. The van der Waals surface area contributed by atoms with E-state index in [4.69, 9.17) is 4.74 Å². The first-order valence-electron chi connectivity index (χ1n) is 6.24. The maximum Gasteiger partial charge on any atom is 0.329 e. The highest BCUT2D eigenvalue weighted by Gasteiger charge is 2.28. The Morgan fingerprint density at radius 3 is 2.39 bits per heavy atom. The Morgan fingerprint density at radius 2 is 1.83 bits per heavy atom. The average Bonchev–Trinajstić information content (AvgIpc) is 3.26. The number of aromatic nitrogens is 2. The van der Waals surface area contributed by atoms with Gasteiger partial charge < -0.3 is 4.74 Å². The van der Waals surface area contributed by atoms with E-state index in [1.54, 1.807) is 0 Å². The Kier molecular flexibility index (Phi) is 2.32. The van der Waals surface area contributed by atoms with Crippen molar-refractivity contribution >= 4 is 22.8 Å². The molecule has 0 unspecified atom stereocenters. The van der Waals surface area contributed by atoms with Gasteiger partial charge in [0.1, 0.15) is 0 Å². The van der Waals surface area contributed by atoms with E-state index in [0.717, 1.165) is 24.2 Å². The monoisotopic (exact) mass is 262 g/mol. The normalized spacial score (nSPS) is 25.6. The summed E-state index contributed by atoms with van der Waals surface area (Å²) >= 11 is 1.92. The third kappa shape index (κ3) is 1.78. The number of hydrogen-bond acceptors (Lipinski definition) is 3. The van der Waals surface area contributed by atoms with Gasteiger partial charge in [0.25, 0.3) is 0 Å². The standard InChI is InChI=1S/C13H14N2O2S/c16-13-14(5-9-7-17-9)11-3-1-2-4-12(11)15(13)6-10-8-18-10/h1-4,9-10H,5-8H2/t9-,10+/m1/s1. The molecule has 2 aromatic rings. The lowest BCUT2D eigenvalue weighted by atomic mass is 10.3. The quantitative estimate of drug-likeness (QED) is 0.780. The van der Waals surface area contributed by atoms with Crippen molar-refractivity contribution in [3.8, 4) is 0 Å². The Balaban J connectivity index is 1.86. The van der Waals surface area contributed by atoms with Gasteiger partial charge in [-0.25, -0.2) is 4.79 Å². The molecule has 0 aliphatic carbocycles. The Labute approximate surface area is 109 Å². The molecule has 0 amide bonds. The van der Waals surface area contributed by atoms with E-state index < -0.39 is 0 Å². The van der Waals surface area contributed by atoms with Crippen LogP contribution < -0.4 is 5.69 Å². The van der Waals surface area contributed by atoms with Gasteiger partial charge in [-0.1, -0.05) is 12.1 Å². The predicted octanol–water partition coefficient (Wildman–Crippen LogP) is 1.32. The summed E-state index contributed by atoms with van der Waals surface area (Å²) in [5.74, 6) is 1.18. The number of nitrogens with zero attached hydrogens (tertiary/aromatic N) is 2. The second-order valence-electron chi connectivity index (χ2n) is 4.90. The molecule has 1 aromatic carbocycles. The summed E-state index contributed by atoms with van der Waals surface area (Å²) in [5.41, 5.74) is 2.19. The van der Waals surface area contributed by atoms with Crippen molar-refractivity contribution in [3.63, 3.8) is 0 Å². The first-order chi connectivity index (χ1) is 8.83. The maximum atomic E-state index is 12.5. The van der Waals surface area contributed by atoms with Gasteiger partial charge in [0.05, 0.1) is 30.3 Å². The van der Waals surface area contributed by atoms with Crippen molar-refractivity contribution in [1.82, 2.24) is 9.13 Å². The molecular formula is C13H14N2O2S. The Hall–Kier alpha value is -1.20. The van der Waals surface area contributed by atoms with Gasteiger partial charge in [-0.3, -0.25) is 9.13 Å². The first-order valence-corrected chi connectivity index (χ1v) is 7.29. The van der Waals surface area contributed by atoms with Crippen LogP contribution in [0.25, 0.3) is 11.0 Å². The highest BCUT2D eigenvalue weighted by molar-refractivity contribution is 8.06.